The second kappa shape index (κ2) is 12.3. The molecule has 0 fully saturated rings. The van der Waals surface area contributed by atoms with Crippen molar-refractivity contribution in [3.8, 4) is 0 Å². The normalized spacial score (nSPS) is 31.9. The smallest absolute Gasteiger partial charge is 0.223 e. The van der Waals surface area contributed by atoms with Gasteiger partial charge < -0.3 is 20.3 Å². The molecule has 0 bridgehead atoms. The van der Waals surface area contributed by atoms with Gasteiger partial charge in [0.15, 0.2) is 0 Å². The number of ketones is 1. The Bertz CT molecular complexity index is 900. The summed E-state index contributed by atoms with van der Waals surface area (Å²) in [6.07, 6.45) is 2.04. The van der Waals surface area contributed by atoms with Crippen LogP contribution in [0.4, 0.5) is 4.39 Å². The van der Waals surface area contributed by atoms with Gasteiger partial charge in [0, 0.05) is 12.1 Å². The van der Waals surface area contributed by atoms with Gasteiger partial charge in [-0.25, -0.2) is 4.39 Å². The number of nitrogens with zero attached hydrogens (tertiary/aromatic N) is 1. The van der Waals surface area contributed by atoms with Crippen molar-refractivity contribution in [2.24, 2.45) is 11.3 Å². The van der Waals surface area contributed by atoms with Crippen molar-refractivity contribution in [3.05, 3.63) is 47.6 Å². The first-order valence-corrected chi connectivity index (χ1v) is 11.7. The number of halogens is 1. The third kappa shape index (κ3) is 7.55. The standard InChI is InChI=1S/C26H37FN2O5/c1-16-9-10-21(20(27)14-19-8-6-7-12-28-19)29-23(31)15-22(30)26(4,5)25(33)17(2)24(32)18(3)34-13-11-16/h6-9,12,14,17-18,21-22,24,30,32H,10-11,13,15H2,1-5H3,(H,29,31)/b16-9-,20-14-/t17-,18-,21+,22+,24+/m1/s1. The summed E-state index contributed by atoms with van der Waals surface area (Å²) in [5.74, 6) is -2.33. The molecule has 7 nitrogen and oxygen atoms in total. The van der Waals surface area contributed by atoms with E-state index in [9.17, 15) is 19.8 Å². The molecule has 1 amide bonds. The summed E-state index contributed by atoms with van der Waals surface area (Å²) in [6, 6.07) is 4.17. The van der Waals surface area contributed by atoms with E-state index >= 15 is 4.39 Å². The molecule has 0 aliphatic carbocycles. The molecular weight excluding hydrogens is 439 g/mol. The third-order valence-corrected chi connectivity index (χ3v) is 6.47. The summed E-state index contributed by atoms with van der Waals surface area (Å²) in [7, 11) is 0. The number of carbonyl (C=O) groups excluding carboxylic acids is 2. The van der Waals surface area contributed by atoms with Crippen LogP contribution in [0.25, 0.3) is 6.08 Å². The predicted molar refractivity (Wildman–Crippen MR) is 128 cm³/mol. The lowest BCUT2D eigenvalue weighted by atomic mass is 9.74. The zero-order chi connectivity index (χ0) is 25.5. The second-order valence-corrected chi connectivity index (χ2v) is 9.60. The zero-order valence-corrected chi connectivity index (χ0v) is 20.6. The van der Waals surface area contributed by atoms with Crippen molar-refractivity contribution < 1.29 is 28.9 Å². The van der Waals surface area contributed by atoms with Crippen molar-refractivity contribution in [1.82, 2.24) is 10.3 Å². The maximum absolute atomic E-state index is 15.1. The minimum absolute atomic E-state index is 0.195. The lowest BCUT2D eigenvalue weighted by molar-refractivity contribution is -0.145. The number of aliphatic hydroxyl groups excluding tert-OH is 2. The molecule has 0 radical (unpaired) electrons. The number of rotatable bonds is 2. The van der Waals surface area contributed by atoms with Crippen LogP contribution in [0.3, 0.4) is 0 Å². The van der Waals surface area contributed by atoms with Gasteiger partial charge in [-0.3, -0.25) is 14.6 Å². The van der Waals surface area contributed by atoms with E-state index in [0.717, 1.165) is 5.57 Å². The first kappa shape index (κ1) is 27.8. The van der Waals surface area contributed by atoms with E-state index in [2.05, 4.69) is 10.3 Å². The van der Waals surface area contributed by atoms with Gasteiger partial charge in [-0.15, -0.1) is 0 Å². The number of Topliss-reactive ketones (excluding diaryl/α,β-unsaturated/α-hetero) is 1. The quantitative estimate of drug-likeness (QED) is 0.565. The van der Waals surface area contributed by atoms with Crippen LogP contribution in [0.5, 0.6) is 0 Å². The molecule has 0 unspecified atom stereocenters. The maximum Gasteiger partial charge on any atom is 0.223 e. The van der Waals surface area contributed by atoms with Gasteiger partial charge in [0.25, 0.3) is 0 Å². The van der Waals surface area contributed by atoms with Crippen molar-refractivity contribution in [2.75, 3.05) is 6.61 Å². The van der Waals surface area contributed by atoms with Crippen LogP contribution in [-0.2, 0) is 14.3 Å². The van der Waals surface area contributed by atoms with E-state index < -0.39 is 47.4 Å². The van der Waals surface area contributed by atoms with E-state index in [-0.39, 0.29) is 18.6 Å². The number of ether oxygens (including phenoxy) is 1. The number of aromatic nitrogens is 1. The number of amides is 1. The van der Waals surface area contributed by atoms with Crippen LogP contribution in [0, 0.1) is 11.3 Å². The Kier molecular flexibility index (Phi) is 10.1. The number of pyridine rings is 1. The molecule has 34 heavy (non-hydrogen) atoms. The molecule has 3 N–H and O–H groups in total. The summed E-state index contributed by atoms with van der Waals surface area (Å²) in [5.41, 5.74) is 0.0517. The first-order valence-electron chi connectivity index (χ1n) is 11.7. The fraction of sp³-hybridized carbons (Fsp3) is 0.577. The Morgan fingerprint density at radius 3 is 2.62 bits per heavy atom. The van der Waals surface area contributed by atoms with E-state index in [0.29, 0.717) is 18.7 Å². The largest absolute Gasteiger partial charge is 0.392 e. The van der Waals surface area contributed by atoms with Crippen molar-refractivity contribution in [3.63, 3.8) is 0 Å². The first-order chi connectivity index (χ1) is 15.9. The molecule has 1 aromatic heterocycles. The number of nitrogens with one attached hydrogen (secondary N) is 1. The Balaban J connectivity index is 2.33. The molecule has 0 saturated carbocycles. The summed E-state index contributed by atoms with van der Waals surface area (Å²) in [4.78, 5) is 29.9. The number of aliphatic hydroxyl groups is 2. The Hall–Kier alpha value is -2.42. The fourth-order valence-corrected chi connectivity index (χ4v) is 3.87. The van der Waals surface area contributed by atoms with Crippen LogP contribution in [0.1, 0.15) is 59.6 Å². The molecule has 0 aromatic carbocycles. The van der Waals surface area contributed by atoms with E-state index in [1.54, 1.807) is 38.2 Å². The lowest BCUT2D eigenvalue weighted by Gasteiger charge is -2.34. The molecule has 2 rings (SSSR count). The molecule has 8 heteroatoms. The number of hydrogen-bond donors (Lipinski definition) is 3. The molecule has 0 spiro atoms. The molecule has 1 aromatic rings. The predicted octanol–water partition coefficient (Wildman–Crippen LogP) is 3.37. The Morgan fingerprint density at radius 2 is 1.97 bits per heavy atom. The average Bonchev–Trinajstić information content (AvgIpc) is 2.79. The van der Waals surface area contributed by atoms with Crippen LogP contribution in [0.2, 0.25) is 0 Å². The van der Waals surface area contributed by atoms with E-state index in [1.165, 1.54) is 19.9 Å². The van der Waals surface area contributed by atoms with Crippen molar-refractivity contribution >= 4 is 17.8 Å². The number of carbonyl (C=O) groups is 2. The van der Waals surface area contributed by atoms with Crippen LogP contribution >= 0.6 is 0 Å². The Morgan fingerprint density at radius 1 is 1.26 bits per heavy atom. The molecule has 1 aliphatic heterocycles. The van der Waals surface area contributed by atoms with Gasteiger partial charge in [-0.2, -0.15) is 0 Å². The molecule has 0 saturated heterocycles. The monoisotopic (exact) mass is 476 g/mol. The highest BCUT2D eigenvalue weighted by molar-refractivity contribution is 5.88. The summed E-state index contributed by atoms with van der Waals surface area (Å²) in [5, 5.41) is 24.0. The average molecular weight is 477 g/mol. The summed E-state index contributed by atoms with van der Waals surface area (Å²) >= 11 is 0. The number of hydrogen-bond acceptors (Lipinski definition) is 6. The highest BCUT2D eigenvalue weighted by Gasteiger charge is 2.42. The molecular formula is C26H37FN2O5. The summed E-state index contributed by atoms with van der Waals surface area (Å²) < 4.78 is 20.9. The maximum atomic E-state index is 15.1. The SMILES string of the molecule is C/C1=C/C[C@@H](/C(F)=C/c2ccccn2)NC(=O)C[C@H](O)C(C)(C)C(=O)[C@H](C)[C@H](O)[C@@H](C)OCC1. The van der Waals surface area contributed by atoms with Gasteiger partial charge in [0.1, 0.15) is 11.6 Å². The topological polar surface area (TPSA) is 109 Å². The second-order valence-electron chi connectivity index (χ2n) is 9.60. The minimum atomic E-state index is -1.32. The van der Waals surface area contributed by atoms with E-state index in [1.807, 2.05) is 13.0 Å². The van der Waals surface area contributed by atoms with E-state index in [4.69, 9.17) is 4.74 Å². The van der Waals surface area contributed by atoms with Crippen LogP contribution < -0.4 is 5.32 Å². The lowest BCUT2D eigenvalue weighted by Crippen LogP contribution is -2.48. The van der Waals surface area contributed by atoms with Crippen molar-refractivity contribution in [1.29, 1.82) is 0 Å². The van der Waals surface area contributed by atoms with Crippen molar-refractivity contribution in [2.45, 2.75) is 78.2 Å². The van der Waals surface area contributed by atoms with Crippen LogP contribution in [-0.4, -0.2) is 57.8 Å². The van der Waals surface area contributed by atoms with Gasteiger partial charge >= 0.3 is 0 Å². The van der Waals surface area contributed by atoms with Gasteiger partial charge in [-0.05, 0) is 44.9 Å². The van der Waals surface area contributed by atoms with Gasteiger partial charge in [-0.1, -0.05) is 38.5 Å². The van der Waals surface area contributed by atoms with Gasteiger partial charge in [0.2, 0.25) is 5.91 Å². The van der Waals surface area contributed by atoms with Gasteiger partial charge in [0.05, 0.1) is 48.5 Å². The minimum Gasteiger partial charge on any atom is -0.392 e. The molecule has 2 heterocycles. The highest BCUT2D eigenvalue weighted by atomic mass is 19.1. The molecule has 188 valence electrons. The summed E-state index contributed by atoms with van der Waals surface area (Å²) in [6.45, 7) is 8.55. The highest BCUT2D eigenvalue weighted by Crippen LogP contribution is 2.30. The Labute approximate surface area is 201 Å². The fourth-order valence-electron chi connectivity index (χ4n) is 3.87. The molecule has 5 atom stereocenters. The third-order valence-electron chi connectivity index (χ3n) is 6.47. The zero-order valence-electron chi connectivity index (χ0n) is 20.6. The molecule has 1 aliphatic rings. The van der Waals surface area contributed by atoms with Crippen LogP contribution in [0.15, 0.2) is 41.9 Å².